The molecule has 1 atom stereocenters. The van der Waals surface area contributed by atoms with Gasteiger partial charge in [0.05, 0.1) is 6.04 Å². The third-order valence-corrected chi connectivity index (χ3v) is 2.68. The number of alkyl carbamates (subject to hydrolysis) is 1. The summed E-state index contributed by atoms with van der Waals surface area (Å²) in [7, 11) is 0. The molecule has 1 aliphatic carbocycles. The van der Waals surface area contributed by atoms with Gasteiger partial charge in [0.25, 0.3) is 0 Å². The zero-order valence-corrected chi connectivity index (χ0v) is 11.0. The van der Waals surface area contributed by atoms with Gasteiger partial charge in [-0.15, -0.1) is 0 Å². The number of hydrogen-bond donors (Lipinski definition) is 1. The highest BCUT2D eigenvalue weighted by Crippen LogP contribution is 2.11. The van der Waals surface area contributed by atoms with Gasteiger partial charge in [0.2, 0.25) is 0 Å². The highest BCUT2D eigenvalue weighted by molar-refractivity contribution is 5.73. The van der Waals surface area contributed by atoms with E-state index in [0.29, 0.717) is 18.9 Å². The Morgan fingerprint density at radius 1 is 1.56 bits per heavy atom. The summed E-state index contributed by atoms with van der Waals surface area (Å²) in [6.45, 7) is 4.30. The van der Waals surface area contributed by atoms with Crippen LogP contribution < -0.4 is 5.32 Å². The Labute approximate surface area is 108 Å². The van der Waals surface area contributed by atoms with E-state index >= 15 is 0 Å². The lowest BCUT2D eigenvalue weighted by Gasteiger charge is -2.15. The highest BCUT2D eigenvalue weighted by Gasteiger charge is 2.14. The Balaban J connectivity index is 2.29. The maximum atomic E-state index is 11.5. The molecule has 18 heavy (non-hydrogen) atoms. The maximum Gasteiger partial charge on any atom is 0.408 e. The summed E-state index contributed by atoms with van der Waals surface area (Å²) < 4.78 is 5.08. The van der Waals surface area contributed by atoms with Gasteiger partial charge in [-0.2, -0.15) is 0 Å². The van der Waals surface area contributed by atoms with Crippen molar-refractivity contribution in [2.24, 2.45) is 5.92 Å². The predicted molar refractivity (Wildman–Crippen MR) is 70.2 cm³/mol. The molecule has 0 aromatic carbocycles. The minimum atomic E-state index is -0.525. The fraction of sp³-hybridized carbons (Fsp3) is 0.571. The number of aldehydes is 1. The number of nitrogens with one attached hydrogen (secondary N) is 1. The molecular weight excluding hydrogens is 230 g/mol. The third-order valence-electron chi connectivity index (χ3n) is 2.68. The minimum Gasteiger partial charge on any atom is -0.445 e. The number of ether oxygens (including phenoxy) is 1. The normalized spacial score (nSPS) is 16.1. The van der Waals surface area contributed by atoms with Gasteiger partial charge in [-0.3, -0.25) is 0 Å². The predicted octanol–water partition coefficient (Wildman–Crippen LogP) is 2.60. The Hall–Kier alpha value is -1.58. The van der Waals surface area contributed by atoms with E-state index < -0.39 is 12.1 Å². The Kier molecular flexibility index (Phi) is 6.19. The molecule has 0 spiro atoms. The number of hydrogen-bond acceptors (Lipinski definition) is 3. The van der Waals surface area contributed by atoms with Crippen LogP contribution in [0, 0.1) is 5.92 Å². The second kappa shape index (κ2) is 7.69. The van der Waals surface area contributed by atoms with E-state index in [0.717, 1.165) is 24.7 Å². The van der Waals surface area contributed by atoms with E-state index in [1.165, 1.54) is 0 Å². The first-order valence-electron chi connectivity index (χ1n) is 6.35. The van der Waals surface area contributed by atoms with Crippen LogP contribution in [0.15, 0.2) is 23.8 Å². The van der Waals surface area contributed by atoms with Crippen molar-refractivity contribution in [1.82, 2.24) is 5.32 Å². The van der Waals surface area contributed by atoms with Crippen LogP contribution in [0.5, 0.6) is 0 Å². The van der Waals surface area contributed by atoms with Crippen LogP contribution in [0.1, 0.15) is 33.1 Å². The van der Waals surface area contributed by atoms with Crippen molar-refractivity contribution in [3.05, 3.63) is 23.8 Å². The summed E-state index contributed by atoms with van der Waals surface area (Å²) in [5.41, 5.74) is 1.10. The molecule has 0 aromatic rings. The van der Waals surface area contributed by atoms with Crippen LogP contribution in [0.3, 0.4) is 0 Å². The quantitative estimate of drug-likeness (QED) is 0.738. The first-order chi connectivity index (χ1) is 8.61. The summed E-state index contributed by atoms with van der Waals surface area (Å²) in [5.74, 6) is 0.353. The van der Waals surface area contributed by atoms with Crippen molar-refractivity contribution < 1.29 is 14.3 Å². The van der Waals surface area contributed by atoms with Gasteiger partial charge in [0.1, 0.15) is 12.9 Å². The number of amides is 1. The smallest absolute Gasteiger partial charge is 0.408 e. The standard InChI is InChI=1S/C14H21NO3/c1-11(2)8-13(9-16)15-14(17)18-10-12-6-4-3-5-7-12/h3-4,6,9,11,13H,5,7-8,10H2,1-2H3,(H,15,17). The molecule has 0 radical (unpaired) electrons. The molecule has 0 fully saturated rings. The van der Waals surface area contributed by atoms with Crippen molar-refractivity contribution >= 4 is 12.4 Å². The van der Waals surface area contributed by atoms with E-state index in [2.05, 4.69) is 11.4 Å². The Morgan fingerprint density at radius 2 is 2.33 bits per heavy atom. The van der Waals surface area contributed by atoms with Gasteiger partial charge in [-0.1, -0.05) is 32.1 Å². The first-order valence-corrected chi connectivity index (χ1v) is 6.35. The topological polar surface area (TPSA) is 55.4 Å². The molecule has 0 saturated carbocycles. The van der Waals surface area contributed by atoms with Crippen LogP contribution in [0.25, 0.3) is 0 Å². The monoisotopic (exact) mass is 251 g/mol. The summed E-state index contributed by atoms with van der Waals surface area (Å²) in [6, 6.07) is -0.460. The van der Waals surface area contributed by atoms with Gasteiger partial charge in [0.15, 0.2) is 0 Å². The van der Waals surface area contributed by atoms with Gasteiger partial charge >= 0.3 is 6.09 Å². The van der Waals surface area contributed by atoms with E-state index in [9.17, 15) is 9.59 Å². The lowest BCUT2D eigenvalue weighted by Crippen LogP contribution is -2.37. The second-order valence-corrected chi connectivity index (χ2v) is 4.88. The fourth-order valence-electron chi connectivity index (χ4n) is 1.78. The SMILES string of the molecule is CC(C)CC(C=O)NC(=O)OCC1=CC=CCC1. The summed E-state index contributed by atoms with van der Waals surface area (Å²) in [4.78, 5) is 22.3. The van der Waals surface area contributed by atoms with Crippen molar-refractivity contribution in [3.8, 4) is 0 Å². The average Bonchev–Trinajstić information content (AvgIpc) is 2.36. The molecule has 1 rings (SSSR count). The van der Waals surface area contributed by atoms with E-state index in [4.69, 9.17) is 4.74 Å². The van der Waals surface area contributed by atoms with Crippen molar-refractivity contribution in [1.29, 1.82) is 0 Å². The number of carbonyl (C=O) groups is 2. The lowest BCUT2D eigenvalue weighted by molar-refractivity contribution is -0.109. The Morgan fingerprint density at radius 3 is 2.89 bits per heavy atom. The van der Waals surface area contributed by atoms with Crippen LogP contribution in [0.4, 0.5) is 4.79 Å². The third kappa shape index (κ3) is 5.66. The van der Waals surface area contributed by atoms with E-state index in [1.807, 2.05) is 26.0 Å². The largest absolute Gasteiger partial charge is 0.445 e. The summed E-state index contributed by atoms with van der Waals surface area (Å²) >= 11 is 0. The van der Waals surface area contributed by atoms with Gasteiger partial charge in [0, 0.05) is 0 Å². The molecule has 1 amide bonds. The van der Waals surface area contributed by atoms with Crippen molar-refractivity contribution in [2.45, 2.75) is 39.2 Å². The number of rotatable bonds is 6. The minimum absolute atomic E-state index is 0.295. The molecule has 4 heteroatoms. The fourth-order valence-corrected chi connectivity index (χ4v) is 1.78. The zero-order chi connectivity index (χ0) is 13.4. The molecule has 0 heterocycles. The molecule has 1 unspecified atom stereocenters. The Bertz CT molecular complexity index is 345. The van der Waals surface area contributed by atoms with Crippen LogP contribution in [-0.2, 0) is 9.53 Å². The van der Waals surface area contributed by atoms with Gasteiger partial charge in [-0.25, -0.2) is 4.79 Å². The summed E-state index contributed by atoms with van der Waals surface area (Å²) in [5, 5.41) is 2.56. The van der Waals surface area contributed by atoms with Crippen LogP contribution in [0.2, 0.25) is 0 Å². The maximum absolute atomic E-state index is 11.5. The van der Waals surface area contributed by atoms with E-state index in [1.54, 1.807) is 0 Å². The molecule has 0 aromatic heterocycles. The zero-order valence-electron chi connectivity index (χ0n) is 11.0. The van der Waals surface area contributed by atoms with Crippen LogP contribution >= 0.6 is 0 Å². The molecule has 1 aliphatic rings. The van der Waals surface area contributed by atoms with Gasteiger partial charge < -0.3 is 14.8 Å². The van der Waals surface area contributed by atoms with Crippen molar-refractivity contribution in [2.75, 3.05) is 6.61 Å². The van der Waals surface area contributed by atoms with E-state index in [-0.39, 0.29) is 0 Å². The molecule has 100 valence electrons. The molecule has 0 bridgehead atoms. The lowest BCUT2D eigenvalue weighted by atomic mass is 10.1. The van der Waals surface area contributed by atoms with Gasteiger partial charge in [-0.05, 0) is 30.8 Å². The molecule has 1 N–H and O–H groups in total. The molecule has 0 saturated heterocycles. The average molecular weight is 251 g/mol. The molecule has 4 nitrogen and oxygen atoms in total. The number of carbonyl (C=O) groups excluding carboxylic acids is 2. The molecule has 0 aliphatic heterocycles. The number of allylic oxidation sites excluding steroid dienone is 3. The van der Waals surface area contributed by atoms with Crippen LogP contribution in [-0.4, -0.2) is 25.0 Å². The highest BCUT2D eigenvalue weighted by atomic mass is 16.5. The second-order valence-electron chi connectivity index (χ2n) is 4.88. The molecular formula is C14H21NO3. The first kappa shape index (κ1) is 14.5. The summed E-state index contributed by atoms with van der Waals surface area (Å²) in [6.07, 6.45) is 8.77. The van der Waals surface area contributed by atoms with Crippen molar-refractivity contribution in [3.63, 3.8) is 0 Å².